The van der Waals surface area contributed by atoms with E-state index in [-0.39, 0.29) is 12.3 Å². The zero-order valence-corrected chi connectivity index (χ0v) is 13.4. The standard InChI is InChI=1S/C14H20N6OS/c1-2-3-14-12(16-8-18-14)13(17-9-19-14)20-4-5-22-10(7-20)6-11(15)21/h7,16,18H,2-6,8H2,1H3,(H2,15,21). The fourth-order valence-corrected chi connectivity index (χ4v) is 3.91. The van der Waals surface area contributed by atoms with E-state index in [0.717, 1.165) is 41.6 Å². The van der Waals surface area contributed by atoms with Gasteiger partial charge >= 0.3 is 0 Å². The number of aliphatic imine (C=N–C) groups is 2. The minimum Gasteiger partial charge on any atom is -0.370 e. The molecule has 1 atom stereocenters. The molecule has 0 bridgehead atoms. The van der Waals surface area contributed by atoms with Crippen LogP contribution in [0.5, 0.6) is 0 Å². The van der Waals surface area contributed by atoms with Gasteiger partial charge in [-0.05, 0) is 6.42 Å². The molecule has 0 radical (unpaired) electrons. The maximum Gasteiger partial charge on any atom is 0.222 e. The SMILES string of the molecule is CCCC12N=C=NC(N3C=C(CC(N)=O)SCC3)=C1NCN2. The lowest BCUT2D eigenvalue weighted by molar-refractivity contribution is -0.117. The Hall–Kier alpha value is -1.76. The Morgan fingerprint density at radius 1 is 1.64 bits per heavy atom. The van der Waals surface area contributed by atoms with Crippen molar-refractivity contribution in [2.45, 2.75) is 31.8 Å². The van der Waals surface area contributed by atoms with Crippen LogP contribution in [0.25, 0.3) is 0 Å². The highest BCUT2D eigenvalue weighted by molar-refractivity contribution is 8.03. The Kier molecular flexibility index (Phi) is 4.24. The van der Waals surface area contributed by atoms with E-state index in [4.69, 9.17) is 5.73 Å². The molecule has 8 heteroatoms. The van der Waals surface area contributed by atoms with Crippen molar-refractivity contribution < 1.29 is 4.79 Å². The van der Waals surface area contributed by atoms with Crippen LogP contribution in [0, 0.1) is 0 Å². The van der Waals surface area contributed by atoms with Gasteiger partial charge in [0.15, 0.2) is 11.5 Å². The van der Waals surface area contributed by atoms with Gasteiger partial charge in [-0.2, -0.15) is 9.98 Å². The molecule has 0 aliphatic carbocycles. The lowest BCUT2D eigenvalue weighted by Crippen LogP contribution is -2.42. The van der Waals surface area contributed by atoms with Crippen LogP contribution < -0.4 is 16.4 Å². The number of primary amides is 1. The second kappa shape index (κ2) is 6.16. The molecule has 22 heavy (non-hydrogen) atoms. The molecule has 1 saturated heterocycles. The van der Waals surface area contributed by atoms with Gasteiger partial charge in [-0.25, -0.2) is 0 Å². The maximum absolute atomic E-state index is 11.1. The summed E-state index contributed by atoms with van der Waals surface area (Å²) in [6, 6.07) is 2.81. The van der Waals surface area contributed by atoms with E-state index in [0.29, 0.717) is 6.67 Å². The van der Waals surface area contributed by atoms with Gasteiger partial charge in [0, 0.05) is 23.4 Å². The molecule has 1 amide bonds. The fourth-order valence-electron chi connectivity index (χ4n) is 2.91. The lowest BCUT2D eigenvalue weighted by Gasteiger charge is -2.32. The van der Waals surface area contributed by atoms with Crippen molar-refractivity contribution in [1.82, 2.24) is 15.5 Å². The summed E-state index contributed by atoms with van der Waals surface area (Å²) >= 11 is 1.67. The van der Waals surface area contributed by atoms with E-state index in [9.17, 15) is 4.79 Å². The number of hydrogen-bond acceptors (Lipinski definition) is 7. The van der Waals surface area contributed by atoms with Gasteiger partial charge in [-0.3, -0.25) is 10.1 Å². The molecule has 3 heterocycles. The van der Waals surface area contributed by atoms with Crippen molar-refractivity contribution in [3.63, 3.8) is 0 Å². The summed E-state index contributed by atoms with van der Waals surface area (Å²) in [5, 5.41) is 6.76. The van der Waals surface area contributed by atoms with E-state index < -0.39 is 5.66 Å². The van der Waals surface area contributed by atoms with Crippen LogP contribution in [0.1, 0.15) is 26.2 Å². The van der Waals surface area contributed by atoms with Crippen molar-refractivity contribution in [2.24, 2.45) is 15.7 Å². The Bertz CT molecular complexity index is 606. The second-order valence-corrected chi connectivity index (χ2v) is 6.66. The van der Waals surface area contributed by atoms with Crippen molar-refractivity contribution in [2.75, 3.05) is 19.0 Å². The van der Waals surface area contributed by atoms with E-state index in [1.165, 1.54) is 0 Å². The van der Waals surface area contributed by atoms with Gasteiger partial charge in [0.05, 0.1) is 24.8 Å². The Morgan fingerprint density at radius 2 is 2.50 bits per heavy atom. The molecule has 7 nitrogen and oxygen atoms in total. The minimum atomic E-state index is -0.436. The number of nitrogens with zero attached hydrogens (tertiary/aromatic N) is 3. The molecule has 3 rings (SSSR count). The summed E-state index contributed by atoms with van der Waals surface area (Å²) in [5.74, 6) is 1.42. The van der Waals surface area contributed by atoms with Crippen LogP contribution in [0.2, 0.25) is 0 Å². The minimum absolute atomic E-state index is 0.271. The molecule has 1 fully saturated rings. The summed E-state index contributed by atoms with van der Waals surface area (Å²) in [6.07, 6.45) is 4.14. The molecule has 0 aromatic heterocycles. The zero-order chi connectivity index (χ0) is 15.6. The third-order valence-electron chi connectivity index (χ3n) is 3.83. The number of hydrogen-bond donors (Lipinski definition) is 3. The molecule has 0 aromatic rings. The Labute approximate surface area is 133 Å². The molecule has 0 aromatic carbocycles. The highest BCUT2D eigenvalue weighted by atomic mass is 32.2. The lowest BCUT2D eigenvalue weighted by atomic mass is 10.0. The quantitative estimate of drug-likeness (QED) is 0.695. The van der Waals surface area contributed by atoms with Crippen LogP contribution in [0.3, 0.4) is 0 Å². The van der Waals surface area contributed by atoms with Crippen molar-refractivity contribution >= 4 is 23.7 Å². The van der Waals surface area contributed by atoms with E-state index in [2.05, 4.69) is 38.5 Å². The topological polar surface area (TPSA) is 95.1 Å². The number of nitrogens with two attached hydrogens (primary N) is 1. The van der Waals surface area contributed by atoms with Crippen molar-refractivity contribution in [3.05, 3.63) is 22.6 Å². The summed E-state index contributed by atoms with van der Waals surface area (Å²) in [6.45, 7) is 3.64. The summed E-state index contributed by atoms with van der Waals surface area (Å²) in [4.78, 5) is 23.0. The molecular weight excluding hydrogens is 300 g/mol. The fraction of sp³-hybridized carbons (Fsp3) is 0.571. The Balaban J connectivity index is 1.93. The Morgan fingerprint density at radius 3 is 3.27 bits per heavy atom. The van der Waals surface area contributed by atoms with Gasteiger partial charge in [-0.1, -0.05) is 13.3 Å². The highest BCUT2D eigenvalue weighted by Crippen LogP contribution is 2.34. The molecular formula is C14H20N6OS. The molecule has 1 unspecified atom stereocenters. The third-order valence-corrected chi connectivity index (χ3v) is 4.84. The third kappa shape index (κ3) is 2.77. The largest absolute Gasteiger partial charge is 0.370 e. The molecule has 0 spiro atoms. The average molecular weight is 320 g/mol. The van der Waals surface area contributed by atoms with Crippen molar-refractivity contribution in [1.29, 1.82) is 0 Å². The van der Waals surface area contributed by atoms with E-state index in [1.807, 2.05) is 6.20 Å². The number of rotatable bonds is 5. The molecule has 3 aliphatic rings. The first-order valence-corrected chi connectivity index (χ1v) is 8.43. The van der Waals surface area contributed by atoms with Gasteiger partial charge in [-0.15, -0.1) is 11.8 Å². The van der Waals surface area contributed by atoms with E-state index >= 15 is 0 Å². The van der Waals surface area contributed by atoms with Gasteiger partial charge in [0.1, 0.15) is 0 Å². The molecule has 4 N–H and O–H groups in total. The maximum atomic E-state index is 11.1. The monoisotopic (exact) mass is 320 g/mol. The number of carbonyl (C=O) groups excluding carboxylic acids is 1. The first-order valence-electron chi connectivity index (χ1n) is 7.44. The molecule has 3 aliphatic heterocycles. The first-order chi connectivity index (χ1) is 10.6. The average Bonchev–Trinajstić information content (AvgIpc) is 2.90. The van der Waals surface area contributed by atoms with Crippen LogP contribution in [-0.2, 0) is 4.79 Å². The summed E-state index contributed by atoms with van der Waals surface area (Å²) < 4.78 is 0. The normalized spacial score (nSPS) is 26.8. The van der Waals surface area contributed by atoms with Crippen LogP contribution >= 0.6 is 11.8 Å². The van der Waals surface area contributed by atoms with Crippen LogP contribution in [0.15, 0.2) is 32.6 Å². The molecule has 118 valence electrons. The highest BCUT2D eigenvalue weighted by Gasteiger charge is 2.42. The predicted molar refractivity (Wildman–Crippen MR) is 86.7 cm³/mol. The van der Waals surface area contributed by atoms with Crippen LogP contribution in [-0.4, -0.2) is 41.4 Å². The molecule has 0 saturated carbocycles. The number of thioether (sulfide) groups is 1. The zero-order valence-electron chi connectivity index (χ0n) is 12.6. The number of fused-ring (bicyclic) bond motifs is 1. The van der Waals surface area contributed by atoms with E-state index in [1.54, 1.807) is 11.8 Å². The second-order valence-electron chi connectivity index (χ2n) is 5.44. The van der Waals surface area contributed by atoms with Crippen molar-refractivity contribution in [3.8, 4) is 0 Å². The summed E-state index contributed by atoms with van der Waals surface area (Å²) in [7, 11) is 0. The number of carbonyl (C=O) groups is 1. The van der Waals surface area contributed by atoms with Gasteiger partial charge in [0.2, 0.25) is 5.91 Å². The van der Waals surface area contributed by atoms with Gasteiger partial charge < -0.3 is 16.0 Å². The predicted octanol–water partition coefficient (Wildman–Crippen LogP) is 0.755. The smallest absolute Gasteiger partial charge is 0.222 e. The van der Waals surface area contributed by atoms with Crippen LogP contribution in [0.4, 0.5) is 0 Å². The number of amides is 1. The summed E-state index contributed by atoms with van der Waals surface area (Å²) in [5.41, 5.74) is 5.86. The number of nitrogens with one attached hydrogen (secondary N) is 2. The van der Waals surface area contributed by atoms with Gasteiger partial charge in [0.25, 0.3) is 0 Å². The first kappa shape index (κ1) is 15.1.